The fourth-order valence-electron chi connectivity index (χ4n) is 2.66. The summed E-state index contributed by atoms with van der Waals surface area (Å²) in [6, 6.07) is 4.82. The first kappa shape index (κ1) is 14.8. The van der Waals surface area contributed by atoms with Gasteiger partial charge in [-0.25, -0.2) is 0 Å². The van der Waals surface area contributed by atoms with Crippen molar-refractivity contribution in [2.24, 2.45) is 5.92 Å². The van der Waals surface area contributed by atoms with E-state index in [1.54, 1.807) is 18.2 Å². The van der Waals surface area contributed by atoms with Crippen molar-refractivity contribution in [3.8, 4) is 5.75 Å². The zero-order chi connectivity index (χ0) is 15.9. The van der Waals surface area contributed by atoms with E-state index in [1.807, 2.05) is 0 Å². The van der Waals surface area contributed by atoms with Crippen molar-refractivity contribution in [1.29, 1.82) is 0 Å². The van der Waals surface area contributed by atoms with Crippen LogP contribution in [0.1, 0.15) is 6.42 Å². The van der Waals surface area contributed by atoms with E-state index in [0.29, 0.717) is 17.1 Å². The number of halogens is 1. The SMILES string of the molecule is O=C1COc2cc(N3CC(CS(=O)(=O)F)CC3=O)ccc2N1. The third kappa shape index (κ3) is 3.03. The van der Waals surface area contributed by atoms with Crippen molar-refractivity contribution in [3.05, 3.63) is 18.2 Å². The van der Waals surface area contributed by atoms with Gasteiger partial charge < -0.3 is 15.0 Å². The van der Waals surface area contributed by atoms with Crippen molar-refractivity contribution in [2.45, 2.75) is 6.42 Å². The molecule has 3 rings (SSSR count). The number of fused-ring (bicyclic) bond motifs is 1. The standard InChI is InChI=1S/C13H13FN2O5S/c14-22(19,20)7-8-3-13(18)16(5-8)9-1-2-10-11(4-9)21-6-12(17)15-10/h1-2,4,8H,3,5-7H2,(H,15,17). The van der Waals surface area contributed by atoms with E-state index >= 15 is 0 Å². The van der Waals surface area contributed by atoms with Crippen LogP contribution in [0.3, 0.4) is 0 Å². The van der Waals surface area contributed by atoms with Gasteiger partial charge in [0.2, 0.25) is 5.91 Å². The molecule has 1 atom stereocenters. The fraction of sp³-hybridized carbons (Fsp3) is 0.385. The summed E-state index contributed by atoms with van der Waals surface area (Å²) in [5.74, 6) is -1.32. The van der Waals surface area contributed by atoms with Crippen LogP contribution in [0.4, 0.5) is 15.3 Å². The molecule has 0 aromatic heterocycles. The van der Waals surface area contributed by atoms with Gasteiger partial charge in [-0.2, -0.15) is 8.42 Å². The Kier molecular flexibility index (Phi) is 3.51. The summed E-state index contributed by atoms with van der Waals surface area (Å²) in [5, 5.41) is 2.63. The molecule has 0 aliphatic carbocycles. The van der Waals surface area contributed by atoms with Gasteiger partial charge in [0.15, 0.2) is 6.61 Å². The lowest BCUT2D eigenvalue weighted by Gasteiger charge is -2.22. The highest BCUT2D eigenvalue weighted by atomic mass is 32.3. The maximum Gasteiger partial charge on any atom is 0.302 e. The first-order valence-electron chi connectivity index (χ1n) is 6.61. The number of benzene rings is 1. The zero-order valence-corrected chi connectivity index (χ0v) is 12.2. The maximum absolute atomic E-state index is 12.7. The molecule has 2 aliphatic rings. The van der Waals surface area contributed by atoms with Crippen LogP contribution in [0, 0.1) is 5.92 Å². The van der Waals surface area contributed by atoms with Crippen molar-refractivity contribution >= 4 is 33.4 Å². The van der Waals surface area contributed by atoms with Crippen molar-refractivity contribution in [1.82, 2.24) is 0 Å². The molecule has 2 amide bonds. The molecule has 9 heteroatoms. The van der Waals surface area contributed by atoms with E-state index in [2.05, 4.69) is 5.32 Å². The van der Waals surface area contributed by atoms with Crippen LogP contribution >= 0.6 is 0 Å². The Morgan fingerprint density at radius 2 is 2.14 bits per heavy atom. The summed E-state index contributed by atoms with van der Waals surface area (Å²) < 4.78 is 39.4. The van der Waals surface area contributed by atoms with E-state index in [9.17, 15) is 21.9 Å². The second-order valence-electron chi connectivity index (χ2n) is 5.30. The van der Waals surface area contributed by atoms with Gasteiger partial charge in [0.05, 0.1) is 11.4 Å². The topological polar surface area (TPSA) is 92.8 Å². The average Bonchev–Trinajstić information content (AvgIpc) is 2.76. The smallest absolute Gasteiger partial charge is 0.302 e. The lowest BCUT2D eigenvalue weighted by atomic mass is 10.1. The summed E-state index contributed by atoms with van der Waals surface area (Å²) in [4.78, 5) is 24.6. The van der Waals surface area contributed by atoms with Gasteiger partial charge in [-0.15, -0.1) is 3.89 Å². The summed E-state index contributed by atoms with van der Waals surface area (Å²) in [7, 11) is -4.61. The minimum atomic E-state index is -4.61. The molecule has 22 heavy (non-hydrogen) atoms. The summed E-state index contributed by atoms with van der Waals surface area (Å²) in [6.07, 6.45) is -0.0160. The van der Waals surface area contributed by atoms with E-state index in [0.717, 1.165) is 0 Å². The van der Waals surface area contributed by atoms with Crippen molar-refractivity contribution < 1.29 is 26.6 Å². The number of carbonyl (C=O) groups excluding carboxylic acids is 2. The largest absolute Gasteiger partial charge is 0.482 e. The normalized spacial score (nSPS) is 21.3. The first-order valence-corrected chi connectivity index (χ1v) is 8.16. The highest BCUT2D eigenvalue weighted by Crippen LogP contribution is 2.34. The van der Waals surface area contributed by atoms with Crippen molar-refractivity contribution in [2.75, 3.05) is 29.1 Å². The van der Waals surface area contributed by atoms with E-state index < -0.39 is 21.9 Å². The minimum Gasteiger partial charge on any atom is -0.482 e. The number of rotatable bonds is 3. The van der Waals surface area contributed by atoms with Crippen LogP contribution in [-0.2, 0) is 19.8 Å². The molecule has 1 aromatic rings. The highest BCUT2D eigenvalue weighted by molar-refractivity contribution is 7.86. The molecule has 118 valence electrons. The third-order valence-corrected chi connectivity index (χ3v) is 4.42. The van der Waals surface area contributed by atoms with Gasteiger partial charge >= 0.3 is 10.2 Å². The van der Waals surface area contributed by atoms with Gasteiger partial charge in [-0.3, -0.25) is 9.59 Å². The lowest BCUT2D eigenvalue weighted by Crippen LogP contribution is -2.27. The molecular formula is C13H13FN2O5S. The molecule has 1 saturated heterocycles. The van der Waals surface area contributed by atoms with Crippen molar-refractivity contribution in [3.63, 3.8) is 0 Å². The lowest BCUT2D eigenvalue weighted by molar-refractivity contribution is -0.119. The minimum absolute atomic E-state index is 0.0160. The fourth-order valence-corrected chi connectivity index (χ4v) is 3.44. The van der Waals surface area contributed by atoms with Crippen LogP contribution in [-0.4, -0.2) is 39.1 Å². The molecule has 1 N–H and O–H groups in total. The van der Waals surface area contributed by atoms with Gasteiger partial charge in [0.1, 0.15) is 5.75 Å². The molecule has 2 aliphatic heterocycles. The number of amides is 2. The summed E-state index contributed by atoms with van der Waals surface area (Å²) >= 11 is 0. The molecule has 0 bridgehead atoms. The molecular weight excluding hydrogens is 315 g/mol. The molecule has 1 unspecified atom stereocenters. The van der Waals surface area contributed by atoms with Crippen LogP contribution in [0.5, 0.6) is 5.75 Å². The molecule has 2 heterocycles. The Morgan fingerprint density at radius 1 is 1.36 bits per heavy atom. The molecule has 0 radical (unpaired) electrons. The molecule has 1 fully saturated rings. The molecule has 0 saturated carbocycles. The van der Waals surface area contributed by atoms with Crippen LogP contribution in [0.15, 0.2) is 18.2 Å². The zero-order valence-electron chi connectivity index (χ0n) is 11.4. The Morgan fingerprint density at radius 3 is 2.86 bits per heavy atom. The third-order valence-electron chi connectivity index (χ3n) is 3.55. The quantitative estimate of drug-likeness (QED) is 0.823. The second kappa shape index (κ2) is 5.24. The highest BCUT2D eigenvalue weighted by Gasteiger charge is 2.34. The van der Waals surface area contributed by atoms with E-state index in [4.69, 9.17) is 4.74 Å². The maximum atomic E-state index is 12.7. The number of hydrogen-bond acceptors (Lipinski definition) is 5. The van der Waals surface area contributed by atoms with Gasteiger partial charge in [-0.05, 0) is 12.1 Å². The van der Waals surface area contributed by atoms with Gasteiger partial charge in [0, 0.05) is 30.6 Å². The average molecular weight is 328 g/mol. The molecule has 0 spiro atoms. The summed E-state index contributed by atoms with van der Waals surface area (Å²) in [6.45, 7) is 0.0280. The number of carbonyl (C=O) groups is 2. The second-order valence-corrected chi connectivity index (χ2v) is 6.71. The number of nitrogens with zero attached hydrogens (tertiary/aromatic N) is 1. The predicted octanol–water partition coefficient (Wildman–Crippen LogP) is 0.670. The number of nitrogens with one attached hydrogen (secondary N) is 1. The summed E-state index contributed by atoms with van der Waals surface area (Å²) in [5.41, 5.74) is 1.04. The first-order chi connectivity index (χ1) is 10.3. The molecule has 1 aromatic carbocycles. The van der Waals surface area contributed by atoms with E-state index in [1.165, 1.54) is 4.90 Å². The van der Waals surface area contributed by atoms with Gasteiger partial charge in [0.25, 0.3) is 5.91 Å². The Labute approximate surface area is 126 Å². The van der Waals surface area contributed by atoms with Crippen LogP contribution in [0.2, 0.25) is 0 Å². The van der Waals surface area contributed by atoms with Crippen LogP contribution < -0.4 is 15.0 Å². The number of ether oxygens (including phenoxy) is 1. The monoisotopic (exact) mass is 328 g/mol. The Hall–Kier alpha value is -2.16. The Bertz CT molecular complexity index is 749. The van der Waals surface area contributed by atoms with Crippen LogP contribution in [0.25, 0.3) is 0 Å². The van der Waals surface area contributed by atoms with Gasteiger partial charge in [-0.1, -0.05) is 0 Å². The Balaban J connectivity index is 1.80. The number of hydrogen-bond donors (Lipinski definition) is 1. The van der Waals surface area contributed by atoms with E-state index in [-0.39, 0.29) is 31.4 Å². The predicted molar refractivity (Wildman–Crippen MR) is 75.9 cm³/mol. The molecule has 7 nitrogen and oxygen atoms in total. The number of anilines is 2.